The molecule has 1 saturated heterocycles. The standard InChI is InChI=1S/C15H29NO6S2/c1-23-8-6-4-2-3-5-7-11(16-21)24-15-14(20)13(19)12(18)10(9-17)22-15/h10,12-15,17-21H,2-9H2,1H3. The molecule has 0 radical (unpaired) electrons. The normalized spacial score (nSPS) is 31.4. The summed E-state index contributed by atoms with van der Waals surface area (Å²) in [6.45, 7) is -0.469. The number of oxime groups is 1. The van der Waals surface area contributed by atoms with E-state index in [1.807, 2.05) is 11.8 Å². The molecule has 1 rings (SSSR count). The lowest BCUT2D eigenvalue weighted by atomic mass is 10.0. The fourth-order valence-corrected chi connectivity index (χ4v) is 4.05. The number of hydrogen-bond donors (Lipinski definition) is 5. The molecule has 0 amide bonds. The number of rotatable bonds is 10. The third-order valence-electron chi connectivity index (χ3n) is 3.95. The van der Waals surface area contributed by atoms with Gasteiger partial charge >= 0.3 is 0 Å². The van der Waals surface area contributed by atoms with Gasteiger partial charge in [-0.15, -0.1) is 0 Å². The van der Waals surface area contributed by atoms with Crippen molar-refractivity contribution in [3.05, 3.63) is 0 Å². The molecule has 1 aliphatic rings. The summed E-state index contributed by atoms with van der Waals surface area (Å²) in [7, 11) is 0. The van der Waals surface area contributed by atoms with E-state index in [9.17, 15) is 15.3 Å². The zero-order valence-corrected chi connectivity index (χ0v) is 15.6. The van der Waals surface area contributed by atoms with Crippen LogP contribution >= 0.6 is 23.5 Å². The Morgan fingerprint density at radius 2 is 1.67 bits per heavy atom. The molecule has 0 saturated carbocycles. The molecule has 5 atom stereocenters. The summed E-state index contributed by atoms with van der Waals surface area (Å²) in [5.74, 6) is 1.18. The molecule has 24 heavy (non-hydrogen) atoms. The van der Waals surface area contributed by atoms with Crippen molar-refractivity contribution in [2.75, 3.05) is 18.6 Å². The smallest absolute Gasteiger partial charge is 0.138 e. The number of nitrogens with zero attached hydrogens (tertiary/aromatic N) is 1. The summed E-state index contributed by atoms with van der Waals surface area (Å²) in [5, 5.41) is 51.4. The number of thioether (sulfide) groups is 2. The van der Waals surface area contributed by atoms with E-state index in [1.54, 1.807) is 0 Å². The fourth-order valence-electron chi connectivity index (χ4n) is 2.48. The van der Waals surface area contributed by atoms with E-state index in [0.717, 1.165) is 31.0 Å². The second-order valence-electron chi connectivity index (χ2n) is 5.82. The van der Waals surface area contributed by atoms with Gasteiger partial charge in [-0.05, 0) is 31.3 Å². The molecule has 0 spiro atoms. The van der Waals surface area contributed by atoms with Crippen LogP contribution in [0.2, 0.25) is 0 Å². The molecular formula is C15H29NO6S2. The van der Waals surface area contributed by atoms with Gasteiger partial charge in [0.25, 0.3) is 0 Å². The number of aliphatic hydroxyl groups excluding tert-OH is 4. The van der Waals surface area contributed by atoms with Crippen LogP contribution in [0, 0.1) is 0 Å². The Bertz CT molecular complexity index is 372. The van der Waals surface area contributed by atoms with Crippen molar-refractivity contribution in [2.45, 2.75) is 68.4 Å². The van der Waals surface area contributed by atoms with Gasteiger partial charge in [-0.25, -0.2) is 0 Å². The van der Waals surface area contributed by atoms with Crippen LogP contribution in [0.3, 0.4) is 0 Å². The second-order valence-corrected chi connectivity index (χ2v) is 7.98. The van der Waals surface area contributed by atoms with Crippen molar-refractivity contribution in [1.82, 2.24) is 0 Å². The highest BCUT2D eigenvalue weighted by molar-refractivity contribution is 8.14. The Balaban J connectivity index is 2.36. The van der Waals surface area contributed by atoms with Gasteiger partial charge in [-0.3, -0.25) is 0 Å². The van der Waals surface area contributed by atoms with E-state index < -0.39 is 36.5 Å². The average molecular weight is 384 g/mol. The molecule has 142 valence electrons. The number of unbranched alkanes of at least 4 members (excludes halogenated alkanes) is 4. The maximum Gasteiger partial charge on any atom is 0.138 e. The summed E-state index contributed by atoms with van der Waals surface area (Å²) < 4.78 is 5.39. The van der Waals surface area contributed by atoms with Crippen LogP contribution in [0.1, 0.15) is 38.5 Å². The van der Waals surface area contributed by atoms with E-state index in [4.69, 9.17) is 15.1 Å². The lowest BCUT2D eigenvalue weighted by Gasteiger charge is -2.39. The Morgan fingerprint density at radius 1 is 1.00 bits per heavy atom. The Labute approximate surface area is 151 Å². The maximum atomic E-state index is 9.98. The van der Waals surface area contributed by atoms with Gasteiger partial charge < -0.3 is 30.4 Å². The van der Waals surface area contributed by atoms with Gasteiger partial charge in [0.2, 0.25) is 0 Å². The van der Waals surface area contributed by atoms with Gasteiger partial charge in [0.15, 0.2) is 0 Å². The summed E-state index contributed by atoms with van der Waals surface area (Å²) in [6, 6.07) is 0. The lowest BCUT2D eigenvalue weighted by Crippen LogP contribution is -2.57. The quantitative estimate of drug-likeness (QED) is 0.125. The Kier molecular flexibility index (Phi) is 11.3. The average Bonchev–Trinajstić information content (AvgIpc) is 2.59. The third kappa shape index (κ3) is 7.07. The predicted octanol–water partition coefficient (Wildman–Crippen LogP) is 1.01. The molecule has 7 nitrogen and oxygen atoms in total. The highest BCUT2D eigenvalue weighted by Crippen LogP contribution is 2.30. The number of hydrogen-bond acceptors (Lipinski definition) is 9. The van der Waals surface area contributed by atoms with Crippen molar-refractivity contribution in [1.29, 1.82) is 0 Å². The minimum atomic E-state index is -1.41. The third-order valence-corrected chi connectivity index (χ3v) is 5.83. The van der Waals surface area contributed by atoms with Crippen molar-refractivity contribution >= 4 is 28.6 Å². The predicted molar refractivity (Wildman–Crippen MR) is 96.7 cm³/mol. The van der Waals surface area contributed by atoms with Gasteiger partial charge in [-0.1, -0.05) is 36.2 Å². The van der Waals surface area contributed by atoms with Crippen LogP contribution < -0.4 is 0 Å². The molecule has 0 aliphatic carbocycles. The van der Waals surface area contributed by atoms with Gasteiger partial charge in [0.1, 0.15) is 34.9 Å². The van der Waals surface area contributed by atoms with Crippen LogP contribution in [-0.2, 0) is 4.74 Å². The fraction of sp³-hybridized carbons (Fsp3) is 0.933. The van der Waals surface area contributed by atoms with Crippen molar-refractivity contribution < 1.29 is 30.4 Å². The molecule has 0 aromatic carbocycles. The highest BCUT2D eigenvalue weighted by Gasteiger charge is 2.44. The molecule has 1 fully saturated rings. The Morgan fingerprint density at radius 3 is 2.29 bits per heavy atom. The zero-order valence-electron chi connectivity index (χ0n) is 14.0. The van der Waals surface area contributed by atoms with Gasteiger partial charge in [0.05, 0.1) is 6.61 Å². The molecule has 9 heteroatoms. The van der Waals surface area contributed by atoms with E-state index in [1.165, 1.54) is 18.6 Å². The number of ether oxygens (including phenoxy) is 1. The van der Waals surface area contributed by atoms with Gasteiger partial charge in [-0.2, -0.15) is 11.8 Å². The number of aliphatic hydroxyl groups is 4. The molecule has 5 N–H and O–H groups in total. The SMILES string of the molecule is CSCCCCCCCC(=NO)SC1OC(CO)C(O)C(O)C1O. The molecule has 5 unspecified atom stereocenters. The molecule has 0 bridgehead atoms. The van der Waals surface area contributed by atoms with E-state index in [0.29, 0.717) is 11.5 Å². The first-order valence-corrected chi connectivity index (χ1v) is 10.5. The second kappa shape index (κ2) is 12.3. The van der Waals surface area contributed by atoms with Crippen molar-refractivity contribution in [3.8, 4) is 0 Å². The summed E-state index contributed by atoms with van der Waals surface area (Å²) in [5.41, 5.74) is -0.895. The van der Waals surface area contributed by atoms with Gasteiger partial charge in [0, 0.05) is 0 Å². The summed E-state index contributed by atoms with van der Waals surface area (Å²) >= 11 is 2.86. The minimum Gasteiger partial charge on any atom is -0.410 e. The topological polar surface area (TPSA) is 123 Å². The summed E-state index contributed by atoms with van der Waals surface area (Å²) in [4.78, 5) is 0. The van der Waals surface area contributed by atoms with E-state index in [-0.39, 0.29) is 0 Å². The molecule has 0 aromatic rings. The lowest BCUT2D eigenvalue weighted by molar-refractivity contribution is -0.205. The molecule has 1 aliphatic heterocycles. The van der Waals surface area contributed by atoms with Crippen LogP contribution in [0.5, 0.6) is 0 Å². The van der Waals surface area contributed by atoms with Crippen molar-refractivity contribution in [2.24, 2.45) is 5.16 Å². The molecule has 0 aromatic heterocycles. The Hall–Kier alpha value is -0.0300. The summed E-state index contributed by atoms with van der Waals surface area (Å²) in [6.07, 6.45) is 3.01. The zero-order chi connectivity index (χ0) is 17.9. The maximum absolute atomic E-state index is 9.98. The van der Waals surface area contributed by atoms with Crippen LogP contribution in [-0.4, -0.2) is 79.1 Å². The van der Waals surface area contributed by atoms with E-state index >= 15 is 0 Å². The highest BCUT2D eigenvalue weighted by atomic mass is 32.2. The molecule has 1 heterocycles. The van der Waals surface area contributed by atoms with Crippen LogP contribution in [0.25, 0.3) is 0 Å². The van der Waals surface area contributed by atoms with E-state index in [2.05, 4.69) is 11.4 Å². The first kappa shape index (κ1) is 22.0. The molecular weight excluding hydrogens is 354 g/mol. The first-order chi connectivity index (χ1) is 11.5. The van der Waals surface area contributed by atoms with Crippen LogP contribution in [0.4, 0.5) is 0 Å². The largest absolute Gasteiger partial charge is 0.410 e. The van der Waals surface area contributed by atoms with Crippen molar-refractivity contribution in [3.63, 3.8) is 0 Å². The van der Waals surface area contributed by atoms with Crippen LogP contribution in [0.15, 0.2) is 5.16 Å². The monoisotopic (exact) mass is 383 g/mol. The first-order valence-electron chi connectivity index (χ1n) is 8.22. The minimum absolute atomic E-state index is 0.406.